The van der Waals surface area contributed by atoms with Crippen molar-refractivity contribution in [2.24, 2.45) is 11.7 Å². The van der Waals surface area contributed by atoms with E-state index in [4.69, 9.17) is 5.73 Å². The monoisotopic (exact) mass is 255 g/mol. The van der Waals surface area contributed by atoms with Crippen molar-refractivity contribution >= 4 is 0 Å². The van der Waals surface area contributed by atoms with Crippen LogP contribution < -0.4 is 5.73 Å². The molecule has 0 aromatic heterocycles. The Bertz CT molecular complexity index is 253. The van der Waals surface area contributed by atoms with Gasteiger partial charge in [-0.25, -0.2) is 0 Å². The number of likely N-dealkylation sites (N-methyl/N-ethyl adjacent to an activating group) is 1. The van der Waals surface area contributed by atoms with Gasteiger partial charge in [0.25, 0.3) is 0 Å². The molecule has 106 valence electrons. The molecule has 3 atom stereocenters. The molecule has 0 bridgehead atoms. The minimum absolute atomic E-state index is 0.172. The number of rotatable bonds is 7. The predicted molar refractivity (Wildman–Crippen MR) is 74.5 cm³/mol. The highest BCUT2D eigenvalue weighted by Crippen LogP contribution is 2.34. The molecule has 1 aliphatic heterocycles. The summed E-state index contributed by atoms with van der Waals surface area (Å²) >= 11 is 0. The van der Waals surface area contributed by atoms with Crippen molar-refractivity contribution < 1.29 is 5.11 Å². The molecular formula is C14H29N3O. The van der Waals surface area contributed by atoms with Crippen molar-refractivity contribution in [3.63, 3.8) is 0 Å². The Kier molecular flexibility index (Phi) is 5.01. The molecule has 0 spiro atoms. The van der Waals surface area contributed by atoms with Gasteiger partial charge in [0.1, 0.15) is 0 Å². The zero-order valence-corrected chi connectivity index (χ0v) is 11.9. The average molecular weight is 255 g/mol. The summed E-state index contributed by atoms with van der Waals surface area (Å²) in [5.41, 5.74) is 6.28. The maximum atomic E-state index is 9.64. The highest BCUT2D eigenvalue weighted by Gasteiger charge is 2.39. The molecular weight excluding hydrogens is 226 g/mol. The zero-order valence-electron chi connectivity index (χ0n) is 11.9. The van der Waals surface area contributed by atoms with Gasteiger partial charge in [-0.1, -0.05) is 13.8 Å². The second kappa shape index (κ2) is 6.33. The van der Waals surface area contributed by atoms with E-state index in [1.807, 2.05) is 0 Å². The molecule has 1 aliphatic carbocycles. The molecule has 2 aliphatic rings. The van der Waals surface area contributed by atoms with E-state index in [2.05, 4.69) is 23.6 Å². The lowest BCUT2D eigenvalue weighted by molar-refractivity contribution is 0.108. The third-order valence-corrected chi connectivity index (χ3v) is 4.79. The van der Waals surface area contributed by atoms with Crippen molar-refractivity contribution in [2.75, 3.05) is 32.8 Å². The maximum absolute atomic E-state index is 9.64. The smallest absolute Gasteiger partial charge is 0.0602 e. The number of hydrogen-bond acceptors (Lipinski definition) is 4. The average Bonchev–Trinajstić information content (AvgIpc) is 3.13. The van der Waals surface area contributed by atoms with Crippen LogP contribution in [0.4, 0.5) is 0 Å². The molecule has 3 N–H and O–H groups in total. The van der Waals surface area contributed by atoms with Crippen LogP contribution in [0.25, 0.3) is 0 Å². The predicted octanol–water partition coefficient (Wildman–Crippen LogP) is 0.501. The van der Waals surface area contributed by atoms with Crippen molar-refractivity contribution in [3.05, 3.63) is 0 Å². The second-order valence-electron chi connectivity index (χ2n) is 5.82. The SMILES string of the molecule is CCN(CC)C1CCN(C(CO)C(N)C2CC2)C1. The third kappa shape index (κ3) is 3.05. The minimum atomic E-state index is 0.172. The van der Waals surface area contributed by atoms with Gasteiger partial charge in [-0.2, -0.15) is 0 Å². The number of aliphatic hydroxyl groups is 1. The number of aliphatic hydroxyl groups excluding tert-OH is 1. The molecule has 0 radical (unpaired) electrons. The first-order chi connectivity index (χ1) is 8.71. The van der Waals surface area contributed by atoms with Crippen LogP contribution in [0.5, 0.6) is 0 Å². The maximum Gasteiger partial charge on any atom is 0.0602 e. The van der Waals surface area contributed by atoms with Gasteiger partial charge in [0.05, 0.1) is 6.61 Å². The second-order valence-corrected chi connectivity index (χ2v) is 5.82. The van der Waals surface area contributed by atoms with Crippen molar-refractivity contribution in [1.82, 2.24) is 9.80 Å². The molecule has 0 amide bonds. The Labute approximate surface area is 111 Å². The molecule has 1 saturated heterocycles. The van der Waals surface area contributed by atoms with E-state index in [-0.39, 0.29) is 18.7 Å². The third-order valence-electron chi connectivity index (χ3n) is 4.79. The summed E-state index contributed by atoms with van der Waals surface area (Å²) in [6.07, 6.45) is 3.73. The Morgan fingerprint density at radius 2 is 1.94 bits per heavy atom. The van der Waals surface area contributed by atoms with E-state index in [0.29, 0.717) is 12.0 Å². The van der Waals surface area contributed by atoms with E-state index < -0.39 is 0 Å². The number of likely N-dealkylation sites (tertiary alicyclic amines) is 1. The van der Waals surface area contributed by atoms with Crippen molar-refractivity contribution in [1.29, 1.82) is 0 Å². The summed E-state index contributed by atoms with van der Waals surface area (Å²) in [6.45, 7) is 9.07. The molecule has 0 aromatic carbocycles. The molecule has 1 heterocycles. The molecule has 18 heavy (non-hydrogen) atoms. The molecule has 2 fully saturated rings. The molecule has 4 nitrogen and oxygen atoms in total. The lowest BCUT2D eigenvalue weighted by Gasteiger charge is -2.32. The first kappa shape index (κ1) is 14.3. The van der Waals surface area contributed by atoms with Crippen LogP contribution in [0, 0.1) is 5.92 Å². The quantitative estimate of drug-likeness (QED) is 0.696. The van der Waals surface area contributed by atoms with Crippen molar-refractivity contribution in [3.8, 4) is 0 Å². The minimum Gasteiger partial charge on any atom is -0.395 e. The topological polar surface area (TPSA) is 52.7 Å². The number of nitrogens with two attached hydrogens (primary N) is 1. The van der Waals surface area contributed by atoms with Crippen molar-refractivity contribution in [2.45, 2.75) is 51.2 Å². The summed E-state index contributed by atoms with van der Waals surface area (Å²) in [6, 6.07) is 1.00. The van der Waals surface area contributed by atoms with E-state index in [1.54, 1.807) is 0 Å². The number of nitrogens with zero attached hydrogens (tertiary/aromatic N) is 2. The van der Waals surface area contributed by atoms with Crippen LogP contribution in [-0.4, -0.2) is 65.8 Å². The van der Waals surface area contributed by atoms with Gasteiger partial charge in [-0.05, 0) is 38.3 Å². The van der Waals surface area contributed by atoms with Crippen LogP contribution in [0.2, 0.25) is 0 Å². The summed E-state index contributed by atoms with van der Waals surface area (Å²) in [5.74, 6) is 0.662. The first-order valence-electron chi connectivity index (χ1n) is 7.55. The fraction of sp³-hybridized carbons (Fsp3) is 1.00. The van der Waals surface area contributed by atoms with E-state index in [9.17, 15) is 5.11 Å². The van der Waals surface area contributed by atoms with Gasteiger partial charge < -0.3 is 10.8 Å². The summed E-state index contributed by atoms with van der Waals surface area (Å²) < 4.78 is 0. The van der Waals surface area contributed by atoms with Crippen LogP contribution in [0.3, 0.4) is 0 Å². The van der Waals surface area contributed by atoms with E-state index in [1.165, 1.54) is 19.3 Å². The van der Waals surface area contributed by atoms with Crippen LogP contribution in [0.1, 0.15) is 33.1 Å². The molecule has 0 aromatic rings. The van der Waals surface area contributed by atoms with E-state index >= 15 is 0 Å². The van der Waals surface area contributed by atoms with Gasteiger partial charge >= 0.3 is 0 Å². The van der Waals surface area contributed by atoms with Crippen LogP contribution in [-0.2, 0) is 0 Å². The standard InChI is InChI=1S/C14H29N3O/c1-3-16(4-2)12-7-8-17(9-12)13(10-18)14(15)11-5-6-11/h11-14,18H,3-10,15H2,1-2H3. The lowest BCUT2D eigenvalue weighted by atomic mass is 10.0. The van der Waals surface area contributed by atoms with Gasteiger partial charge in [0, 0.05) is 31.2 Å². The summed E-state index contributed by atoms with van der Waals surface area (Å²) in [7, 11) is 0. The van der Waals surface area contributed by atoms with Gasteiger partial charge in [-0.15, -0.1) is 0 Å². The fourth-order valence-electron chi connectivity index (χ4n) is 3.38. The van der Waals surface area contributed by atoms with E-state index in [0.717, 1.165) is 26.2 Å². The zero-order chi connectivity index (χ0) is 13.1. The Balaban J connectivity index is 1.89. The Hall–Kier alpha value is -0.160. The highest BCUT2D eigenvalue weighted by atomic mass is 16.3. The normalized spacial score (nSPS) is 28.8. The summed E-state index contributed by atoms with van der Waals surface area (Å²) in [4.78, 5) is 4.95. The van der Waals surface area contributed by atoms with Gasteiger partial charge in [0.15, 0.2) is 0 Å². The highest BCUT2D eigenvalue weighted by molar-refractivity contribution is 4.96. The Morgan fingerprint density at radius 1 is 1.28 bits per heavy atom. The summed E-state index contributed by atoms with van der Waals surface area (Å²) in [5, 5.41) is 9.64. The van der Waals surface area contributed by atoms with Gasteiger partial charge in [0.2, 0.25) is 0 Å². The lowest BCUT2D eigenvalue weighted by Crippen LogP contribution is -2.51. The first-order valence-corrected chi connectivity index (χ1v) is 7.55. The van der Waals surface area contributed by atoms with Gasteiger partial charge in [-0.3, -0.25) is 9.80 Å². The molecule has 3 unspecified atom stereocenters. The fourth-order valence-corrected chi connectivity index (χ4v) is 3.38. The molecule has 4 heteroatoms. The van der Waals surface area contributed by atoms with Crippen LogP contribution in [0.15, 0.2) is 0 Å². The largest absolute Gasteiger partial charge is 0.395 e. The molecule has 2 rings (SSSR count). The molecule has 1 saturated carbocycles. The Morgan fingerprint density at radius 3 is 2.44 bits per heavy atom. The van der Waals surface area contributed by atoms with Crippen LogP contribution >= 0.6 is 0 Å². The number of hydrogen-bond donors (Lipinski definition) is 2.